The van der Waals surface area contributed by atoms with Crippen LogP contribution in [0.3, 0.4) is 0 Å². The van der Waals surface area contributed by atoms with Crippen LogP contribution in [0.2, 0.25) is 0 Å². The van der Waals surface area contributed by atoms with Crippen LogP contribution in [0, 0.1) is 5.82 Å². The Morgan fingerprint density at radius 3 is 2.88 bits per heavy atom. The molecule has 0 saturated carbocycles. The van der Waals surface area contributed by atoms with Crippen molar-refractivity contribution < 1.29 is 19.1 Å². The molecule has 0 bridgehead atoms. The second kappa shape index (κ2) is 7.84. The van der Waals surface area contributed by atoms with Crippen molar-refractivity contribution in [1.82, 2.24) is 10.3 Å². The molecule has 134 valence electrons. The number of hydrogen-bond donors (Lipinski definition) is 3. The number of benzene rings is 1. The van der Waals surface area contributed by atoms with Gasteiger partial charge in [0.25, 0.3) is 0 Å². The molecule has 1 atom stereocenters. The van der Waals surface area contributed by atoms with Crippen molar-refractivity contribution in [2.24, 2.45) is 0 Å². The molecule has 1 amide bonds. The Morgan fingerprint density at radius 1 is 1.38 bits per heavy atom. The van der Waals surface area contributed by atoms with Crippen molar-refractivity contribution in [3.05, 3.63) is 62.6 Å². The number of carbonyl (C=O) groups is 2. The fourth-order valence-electron chi connectivity index (χ4n) is 2.54. The van der Waals surface area contributed by atoms with Crippen LogP contribution in [0.1, 0.15) is 10.4 Å². The van der Waals surface area contributed by atoms with Crippen molar-refractivity contribution in [3.8, 4) is 0 Å². The molecule has 0 aliphatic heterocycles. The average molecular weight is 437 g/mol. The largest absolute Gasteiger partial charge is 0.480 e. The minimum absolute atomic E-state index is 0.0884. The van der Waals surface area contributed by atoms with Crippen molar-refractivity contribution in [2.45, 2.75) is 12.5 Å². The van der Waals surface area contributed by atoms with E-state index in [1.807, 2.05) is 11.4 Å². The summed E-state index contributed by atoms with van der Waals surface area (Å²) in [4.78, 5) is 27.4. The first kappa shape index (κ1) is 18.3. The molecule has 2 heterocycles. The predicted molar refractivity (Wildman–Crippen MR) is 103 cm³/mol. The fourth-order valence-corrected chi connectivity index (χ4v) is 3.88. The molecule has 26 heavy (non-hydrogen) atoms. The van der Waals surface area contributed by atoms with Crippen LogP contribution < -0.4 is 5.32 Å². The molecule has 0 saturated heterocycles. The zero-order valence-electron chi connectivity index (χ0n) is 13.3. The number of carbonyl (C=O) groups excluding carboxylic acids is 1. The van der Waals surface area contributed by atoms with E-state index >= 15 is 0 Å². The maximum atomic E-state index is 13.3. The number of halogens is 2. The minimum Gasteiger partial charge on any atom is -0.480 e. The second-order valence-corrected chi connectivity index (χ2v) is 7.47. The minimum atomic E-state index is -1.14. The van der Waals surface area contributed by atoms with Gasteiger partial charge in [0, 0.05) is 44.3 Å². The number of rotatable bonds is 6. The third kappa shape index (κ3) is 4.39. The van der Waals surface area contributed by atoms with E-state index in [1.54, 1.807) is 18.3 Å². The number of aliphatic carboxylic acids is 1. The van der Waals surface area contributed by atoms with E-state index in [-0.39, 0.29) is 12.2 Å². The summed E-state index contributed by atoms with van der Waals surface area (Å²) in [6.45, 7) is 0. The van der Waals surface area contributed by atoms with Crippen LogP contribution in [0.5, 0.6) is 0 Å². The molecule has 5 nitrogen and oxygen atoms in total. The molecule has 2 aromatic heterocycles. The number of thiophene rings is 1. The van der Waals surface area contributed by atoms with Crippen molar-refractivity contribution in [2.75, 3.05) is 0 Å². The molecular formula is C18H14BrFN2O3S. The summed E-state index contributed by atoms with van der Waals surface area (Å²) < 4.78 is 14.2. The van der Waals surface area contributed by atoms with Crippen LogP contribution in [-0.4, -0.2) is 28.0 Å². The highest BCUT2D eigenvalue weighted by atomic mass is 79.9. The molecular weight excluding hydrogens is 423 g/mol. The van der Waals surface area contributed by atoms with Crippen molar-refractivity contribution >= 4 is 56.1 Å². The lowest BCUT2D eigenvalue weighted by Gasteiger charge is -2.12. The van der Waals surface area contributed by atoms with Gasteiger partial charge in [0.05, 0.1) is 0 Å². The quantitative estimate of drug-likeness (QED) is 0.511. The summed E-state index contributed by atoms with van der Waals surface area (Å²) in [5.41, 5.74) is 1.28. The van der Waals surface area contributed by atoms with Gasteiger partial charge < -0.3 is 15.4 Å². The zero-order chi connectivity index (χ0) is 18.7. The van der Waals surface area contributed by atoms with E-state index in [4.69, 9.17) is 0 Å². The van der Waals surface area contributed by atoms with E-state index in [1.165, 1.54) is 29.5 Å². The molecule has 0 radical (unpaired) electrons. The van der Waals surface area contributed by atoms with E-state index < -0.39 is 17.9 Å². The summed E-state index contributed by atoms with van der Waals surface area (Å²) in [6.07, 6.45) is 4.65. The van der Waals surface area contributed by atoms with Crippen LogP contribution in [0.15, 0.2) is 46.4 Å². The van der Waals surface area contributed by atoms with Crippen molar-refractivity contribution in [1.29, 1.82) is 0 Å². The number of aromatic nitrogens is 1. The topological polar surface area (TPSA) is 82.2 Å². The van der Waals surface area contributed by atoms with Gasteiger partial charge in [-0.2, -0.15) is 0 Å². The Bertz CT molecular complexity index is 995. The number of carboxylic acid groups (broad SMARTS) is 1. The number of H-pyrrole nitrogens is 1. The molecule has 0 aliphatic rings. The second-order valence-electron chi connectivity index (χ2n) is 5.61. The van der Waals surface area contributed by atoms with Crippen LogP contribution in [-0.2, 0) is 16.0 Å². The van der Waals surface area contributed by atoms with Gasteiger partial charge in [-0.05, 0) is 51.8 Å². The van der Waals surface area contributed by atoms with Gasteiger partial charge >= 0.3 is 5.97 Å². The number of hydrogen-bond acceptors (Lipinski definition) is 3. The summed E-state index contributed by atoms with van der Waals surface area (Å²) >= 11 is 4.79. The molecule has 1 unspecified atom stereocenters. The fraction of sp³-hybridized carbons (Fsp3) is 0.111. The van der Waals surface area contributed by atoms with E-state index in [9.17, 15) is 19.1 Å². The highest BCUT2D eigenvalue weighted by Crippen LogP contribution is 2.22. The molecule has 0 spiro atoms. The highest BCUT2D eigenvalue weighted by molar-refractivity contribution is 9.10. The van der Waals surface area contributed by atoms with Gasteiger partial charge in [0.1, 0.15) is 11.9 Å². The predicted octanol–water partition coefficient (Wildman–Crippen LogP) is 3.96. The molecule has 0 aliphatic carbocycles. The summed E-state index contributed by atoms with van der Waals surface area (Å²) in [6, 6.07) is 5.01. The molecule has 3 rings (SSSR count). The van der Waals surface area contributed by atoms with E-state index in [2.05, 4.69) is 26.2 Å². The Balaban J connectivity index is 1.71. The molecule has 1 aromatic carbocycles. The molecule has 8 heteroatoms. The smallest absolute Gasteiger partial charge is 0.326 e. The van der Waals surface area contributed by atoms with Crippen molar-refractivity contribution in [3.63, 3.8) is 0 Å². The Morgan fingerprint density at radius 2 is 2.19 bits per heavy atom. The molecule has 3 aromatic rings. The maximum Gasteiger partial charge on any atom is 0.326 e. The zero-order valence-corrected chi connectivity index (χ0v) is 15.7. The van der Waals surface area contributed by atoms with Crippen LogP contribution in [0.25, 0.3) is 17.0 Å². The Kier molecular flexibility index (Phi) is 5.53. The van der Waals surface area contributed by atoms with Gasteiger partial charge in [0.15, 0.2) is 0 Å². The SMILES string of the molecule is O=C(C=Cc1cc(Br)cs1)NC(Cc1c[nH]c2cc(F)ccc12)C(=O)O. The third-order valence-corrected chi connectivity index (χ3v) is 5.41. The van der Waals surface area contributed by atoms with E-state index in [0.29, 0.717) is 11.1 Å². The lowest BCUT2D eigenvalue weighted by Crippen LogP contribution is -2.41. The number of fused-ring (bicyclic) bond motifs is 1. The average Bonchev–Trinajstić information content (AvgIpc) is 3.18. The first-order valence-electron chi connectivity index (χ1n) is 7.63. The standard InChI is InChI=1S/C18H14BrFN2O3S/c19-11-6-13(26-9-11)2-4-17(23)22-16(18(24)25)5-10-8-21-15-7-12(20)1-3-14(10)15/h1-4,6-9,16,21H,5H2,(H,22,23)(H,24,25). The molecule has 3 N–H and O–H groups in total. The summed E-state index contributed by atoms with van der Waals surface area (Å²) in [5, 5.41) is 14.5. The third-order valence-electron chi connectivity index (χ3n) is 3.75. The summed E-state index contributed by atoms with van der Waals surface area (Å²) in [5.74, 6) is -2.01. The van der Waals surface area contributed by atoms with Gasteiger partial charge in [-0.15, -0.1) is 11.3 Å². The highest BCUT2D eigenvalue weighted by Gasteiger charge is 2.21. The van der Waals surface area contributed by atoms with Crippen LogP contribution >= 0.6 is 27.3 Å². The Labute approximate surface area is 160 Å². The number of carboxylic acids is 1. The van der Waals surface area contributed by atoms with Crippen LogP contribution in [0.4, 0.5) is 4.39 Å². The Hall–Kier alpha value is -2.45. The van der Waals surface area contributed by atoms with E-state index in [0.717, 1.165) is 14.7 Å². The number of amides is 1. The lowest BCUT2D eigenvalue weighted by atomic mass is 10.0. The van der Waals surface area contributed by atoms with Gasteiger partial charge in [-0.25, -0.2) is 9.18 Å². The maximum absolute atomic E-state index is 13.3. The van der Waals surface area contributed by atoms with Gasteiger partial charge in [-0.3, -0.25) is 4.79 Å². The number of nitrogens with one attached hydrogen (secondary N) is 2. The number of aromatic amines is 1. The normalized spacial score (nSPS) is 12.5. The van der Waals surface area contributed by atoms with Gasteiger partial charge in [-0.1, -0.05) is 0 Å². The lowest BCUT2D eigenvalue weighted by molar-refractivity contribution is -0.141. The first-order chi connectivity index (χ1) is 12.4. The van der Waals surface area contributed by atoms with Gasteiger partial charge in [0.2, 0.25) is 5.91 Å². The first-order valence-corrected chi connectivity index (χ1v) is 9.30. The summed E-state index contributed by atoms with van der Waals surface area (Å²) in [7, 11) is 0. The molecule has 0 fully saturated rings. The monoisotopic (exact) mass is 436 g/mol.